The molecular formula is C45H27N3S2. The lowest BCUT2D eigenvalue weighted by Crippen LogP contribution is -2.00. The topological polar surface area (TPSA) is 38.7 Å². The molecule has 0 unspecified atom stereocenters. The normalized spacial score (nSPS) is 11.6. The van der Waals surface area contributed by atoms with Gasteiger partial charge in [0.2, 0.25) is 0 Å². The molecule has 0 atom stereocenters. The lowest BCUT2D eigenvalue weighted by molar-refractivity contribution is 1.07. The van der Waals surface area contributed by atoms with Gasteiger partial charge in [-0.15, -0.1) is 22.7 Å². The fraction of sp³-hybridized carbons (Fsp3) is 0. The SMILES string of the molecule is c1ccc(-c2nc(-c3ccccc3)nc(-c3cc(-c4ccc5sc6ccccc6c5c4)cc(-c4cccc5sc6ccccc6c45)c3)n2)cc1. The van der Waals surface area contributed by atoms with Crippen molar-refractivity contribution < 1.29 is 0 Å². The predicted molar refractivity (Wildman–Crippen MR) is 213 cm³/mol. The lowest BCUT2D eigenvalue weighted by Gasteiger charge is -2.13. The van der Waals surface area contributed by atoms with Crippen LogP contribution in [0.3, 0.4) is 0 Å². The molecule has 0 aliphatic rings. The molecule has 10 rings (SSSR count). The number of aromatic nitrogens is 3. The van der Waals surface area contributed by atoms with Crippen LogP contribution in [0, 0.1) is 0 Å². The van der Waals surface area contributed by atoms with Crippen LogP contribution in [0.1, 0.15) is 0 Å². The fourth-order valence-electron chi connectivity index (χ4n) is 6.94. The molecule has 0 amide bonds. The smallest absolute Gasteiger partial charge is 0.164 e. The van der Waals surface area contributed by atoms with Crippen molar-refractivity contribution in [2.75, 3.05) is 0 Å². The van der Waals surface area contributed by atoms with Gasteiger partial charge in [-0.1, -0.05) is 115 Å². The molecule has 5 heteroatoms. The number of fused-ring (bicyclic) bond motifs is 6. The standard InChI is InChI=1S/C45H27N3S2/c1-3-12-28(13-4-1)43-46-44(29-14-5-2-6-15-29)48-45(47-43)33-25-31(30-22-23-40-37(27-30)35-16-7-9-19-38(35)49-40)24-32(26-33)34-18-11-21-41-42(34)36-17-8-10-20-39(36)50-41/h1-27H. The van der Waals surface area contributed by atoms with E-state index in [-0.39, 0.29) is 0 Å². The average Bonchev–Trinajstić information content (AvgIpc) is 3.76. The Hall–Kier alpha value is -6.01. The second-order valence-electron chi connectivity index (χ2n) is 12.4. The Morgan fingerprint density at radius 2 is 0.820 bits per heavy atom. The van der Waals surface area contributed by atoms with Gasteiger partial charge in [-0.3, -0.25) is 0 Å². The largest absolute Gasteiger partial charge is 0.208 e. The zero-order valence-corrected chi connectivity index (χ0v) is 28.4. The second kappa shape index (κ2) is 11.8. The number of thiophene rings is 2. The van der Waals surface area contributed by atoms with E-state index in [0.717, 1.165) is 33.4 Å². The highest BCUT2D eigenvalue weighted by Gasteiger charge is 2.17. The Bertz CT molecular complexity index is 2810. The maximum absolute atomic E-state index is 5.14. The number of hydrogen-bond donors (Lipinski definition) is 0. The third-order valence-corrected chi connectivity index (χ3v) is 11.6. The van der Waals surface area contributed by atoms with E-state index in [1.54, 1.807) is 0 Å². The number of rotatable bonds is 5. The van der Waals surface area contributed by atoms with Gasteiger partial charge >= 0.3 is 0 Å². The summed E-state index contributed by atoms with van der Waals surface area (Å²) in [6, 6.07) is 58.1. The molecule has 0 aliphatic heterocycles. The van der Waals surface area contributed by atoms with Crippen LogP contribution in [0.2, 0.25) is 0 Å². The monoisotopic (exact) mass is 673 g/mol. The van der Waals surface area contributed by atoms with Gasteiger partial charge in [0.25, 0.3) is 0 Å². The Balaban J connectivity index is 1.25. The van der Waals surface area contributed by atoms with Crippen molar-refractivity contribution in [1.82, 2.24) is 15.0 Å². The summed E-state index contributed by atoms with van der Waals surface area (Å²) in [5.74, 6) is 1.95. The minimum atomic E-state index is 0.644. The number of benzene rings is 7. The molecule has 0 aliphatic carbocycles. The van der Waals surface area contributed by atoms with Crippen molar-refractivity contribution in [3.8, 4) is 56.4 Å². The molecule has 3 nitrogen and oxygen atoms in total. The van der Waals surface area contributed by atoms with E-state index < -0.39 is 0 Å². The Labute approximate surface area is 296 Å². The van der Waals surface area contributed by atoms with E-state index >= 15 is 0 Å². The first kappa shape index (κ1) is 29.0. The molecule has 234 valence electrons. The highest BCUT2D eigenvalue weighted by Crippen LogP contribution is 2.43. The van der Waals surface area contributed by atoms with Gasteiger partial charge in [-0.25, -0.2) is 15.0 Å². The molecule has 10 aromatic rings. The van der Waals surface area contributed by atoms with Crippen molar-refractivity contribution in [2.45, 2.75) is 0 Å². The van der Waals surface area contributed by atoms with Crippen molar-refractivity contribution in [3.05, 3.63) is 164 Å². The minimum absolute atomic E-state index is 0.644. The summed E-state index contributed by atoms with van der Waals surface area (Å²) in [6.07, 6.45) is 0. The zero-order chi connectivity index (χ0) is 33.0. The van der Waals surface area contributed by atoms with Gasteiger partial charge in [-0.05, 0) is 70.8 Å². The molecule has 7 aromatic carbocycles. The van der Waals surface area contributed by atoms with Crippen molar-refractivity contribution in [2.24, 2.45) is 0 Å². The quantitative estimate of drug-likeness (QED) is 0.182. The van der Waals surface area contributed by atoms with Gasteiger partial charge in [0.05, 0.1) is 0 Å². The molecule has 50 heavy (non-hydrogen) atoms. The van der Waals surface area contributed by atoms with Crippen molar-refractivity contribution in [3.63, 3.8) is 0 Å². The van der Waals surface area contributed by atoms with E-state index in [1.807, 2.05) is 59.1 Å². The van der Waals surface area contributed by atoms with E-state index in [2.05, 4.69) is 127 Å². The van der Waals surface area contributed by atoms with E-state index in [9.17, 15) is 0 Å². The van der Waals surface area contributed by atoms with E-state index in [1.165, 1.54) is 45.9 Å². The summed E-state index contributed by atoms with van der Waals surface area (Å²) in [5.41, 5.74) is 7.46. The first-order valence-corrected chi connectivity index (χ1v) is 18.2. The van der Waals surface area contributed by atoms with E-state index in [4.69, 9.17) is 15.0 Å². The Kier molecular flexibility index (Phi) is 6.86. The van der Waals surface area contributed by atoms with Crippen LogP contribution < -0.4 is 0 Å². The van der Waals surface area contributed by atoms with E-state index in [0.29, 0.717) is 17.5 Å². The molecular weight excluding hydrogens is 647 g/mol. The van der Waals surface area contributed by atoms with Gasteiger partial charge in [0.15, 0.2) is 17.5 Å². The first-order chi connectivity index (χ1) is 24.7. The molecule has 0 bridgehead atoms. The third kappa shape index (κ3) is 4.98. The van der Waals surface area contributed by atoms with Crippen molar-refractivity contribution >= 4 is 63.0 Å². The molecule has 0 radical (unpaired) electrons. The molecule has 3 heterocycles. The summed E-state index contributed by atoms with van der Waals surface area (Å²) >= 11 is 3.68. The first-order valence-electron chi connectivity index (χ1n) is 16.6. The molecule has 0 spiro atoms. The summed E-state index contributed by atoms with van der Waals surface area (Å²) in [4.78, 5) is 15.2. The average molecular weight is 674 g/mol. The Morgan fingerprint density at radius 3 is 1.54 bits per heavy atom. The summed E-state index contributed by atoms with van der Waals surface area (Å²) in [5, 5.41) is 5.12. The summed E-state index contributed by atoms with van der Waals surface area (Å²) in [6.45, 7) is 0. The van der Waals surface area contributed by atoms with Crippen molar-refractivity contribution in [1.29, 1.82) is 0 Å². The lowest BCUT2D eigenvalue weighted by atomic mass is 9.93. The predicted octanol–water partition coefficient (Wildman–Crippen LogP) is 12.9. The van der Waals surface area contributed by atoms with Gasteiger partial charge in [0.1, 0.15) is 0 Å². The summed E-state index contributed by atoms with van der Waals surface area (Å²) < 4.78 is 5.16. The summed E-state index contributed by atoms with van der Waals surface area (Å²) in [7, 11) is 0. The fourth-order valence-corrected chi connectivity index (χ4v) is 9.16. The maximum Gasteiger partial charge on any atom is 0.164 e. The number of hydrogen-bond acceptors (Lipinski definition) is 5. The zero-order valence-electron chi connectivity index (χ0n) is 26.7. The highest BCUT2D eigenvalue weighted by atomic mass is 32.1. The second-order valence-corrected chi connectivity index (χ2v) is 14.6. The third-order valence-electron chi connectivity index (χ3n) is 9.31. The van der Waals surface area contributed by atoms with Gasteiger partial charge < -0.3 is 0 Å². The van der Waals surface area contributed by atoms with Crippen LogP contribution in [0.4, 0.5) is 0 Å². The van der Waals surface area contributed by atoms with Gasteiger partial charge in [-0.2, -0.15) is 0 Å². The molecule has 3 aromatic heterocycles. The van der Waals surface area contributed by atoms with Crippen LogP contribution in [0.25, 0.3) is 96.8 Å². The Morgan fingerprint density at radius 1 is 0.300 bits per heavy atom. The van der Waals surface area contributed by atoms with Crippen LogP contribution in [-0.2, 0) is 0 Å². The molecule has 0 saturated heterocycles. The van der Waals surface area contributed by atoms with Gasteiger partial charge in [0, 0.05) is 57.0 Å². The van der Waals surface area contributed by atoms with Crippen LogP contribution >= 0.6 is 22.7 Å². The molecule has 0 saturated carbocycles. The minimum Gasteiger partial charge on any atom is -0.208 e. The van der Waals surface area contributed by atoms with Crippen LogP contribution in [0.15, 0.2) is 164 Å². The molecule has 0 fully saturated rings. The van der Waals surface area contributed by atoms with Crippen LogP contribution in [-0.4, -0.2) is 15.0 Å². The number of nitrogens with zero attached hydrogens (tertiary/aromatic N) is 3. The maximum atomic E-state index is 5.14. The van der Waals surface area contributed by atoms with Crippen LogP contribution in [0.5, 0.6) is 0 Å². The molecule has 0 N–H and O–H groups in total. The highest BCUT2D eigenvalue weighted by molar-refractivity contribution is 7.26.